The fourth-order valence-corrected chi connectivity index (χ4v) is 5.93. The zero-order valence-corrected chi connectivity index (χ0v) is 20.9. The van der Waals surface area contributed by atoms with Gasteiger partial charge in [-0.05, 0) is 67.1 Å². The maximum Gasteiger partial charge on any atom is 0.144 e. The van der Waals surface area contributed by atoms with Crippen molar-refractivity contribution in [2.75, 3.05) is 0 Å². The minimum atomic E-state index is 0.367. The lowest BCUT2D eigenvalue weighted by atomic mass is 9.88. The average Bonchev–Trinajstić information content (AvgIpc) is 3.35. The predicted octanol–water partition coefficient (Wildman–Crippen LogP) is 8.97. The summed E-state index contributed by atoms with van der Waals surface area (Å²) in [6.07, 6.45) is 2.05. The van der Waals surface area contributed by atoms with Crippen molar-refractivity contribution in [3.63, 3.8) is 0 Å². The number of benzene rings is 3. The molecule has 6 rings (SSSR count). The molecule has 0 saturated carbocycles. The maximum atomic E-state index is 6.43. The molecule has 34 heavy (non-hydrogen) atoms. The van der Waals surface area contributed by atoms with Crippen LogP contribution in [0.5, 0.6) is 0 Å². The Balaban J connectivity index is 1.57. The van der Waals surface area contributed by atoms with E-state index in [1.807, 2.05) is 13.1 Å². The van der Waals surface area contributed by atoms with Crippen LogP contribution in [0, 0.1) is 20.8 Å². The van der Waals surface area contributed by atoms with Crippen molar-refractivity contribution in [3.05, 3.63) is 82.5 Å². The largest absolute Gasteiger partial charge is 0.455 e. The van der Waals surface area contributed by atoms with Crippen LogP contribution in [0.2, 0.25) is 0 Å². The molecule has 0 aliphatic carbocycles. The van der Waals surface area contributed by atoms with Gasteiger partial charge in [0, 0.05) is 34.2 Å². The molecule has 0 atom stereocenters. The third-order valence-electron chi connectivity index (χ3n) is 6.70. The van der Waals surface area contributed by atoms with E-state index >= 15 is 0 Å². The van der Waals surface area contributed by atoms with Gasteiger partial charge in [0.15, 0.2) is 0 Å². The summed E-state index contributed by atoms with van der Waals surface area (Å²) in [5.41, 5.74) is 11.1. The average molecular weight is 463 g/mol. The fourth-order valence-electron chi connectivity index (χ4n) is 5.08. The lowest BCUT2D eigenvalue weighted by Gasteiger charge is -2.18. The molecule has 0 bridgehead atoms. The summed E-state index contributed by atoms with van der Waals surface area (Å²) in [4.78, 5) is 9.60. The number of rotatable bonds is 3. The molecule has 0 aliphatic heterocycles. The summed E-state index contributed by atoms with van der Waals surface area (Å²) in [6.45, 7) is 10.9. The second kappa shape index (κ2) is 7.78. The molecule has 4 heteroatoms. The molecular formula is C30H26N2OS. The molecule has 0 unspecified atom stereocenters. The summed E-state index contributed by atoms with van der Waals surface area (Å²) < 4.78 is 7.62. The lowest BCUT2D eigenvalue weighted by Crippen LogP contribution is -1.99. The molecule has 0 N–H and O–H groups in total. The zero-order valence-electron chi connectivity index (χ0n) is 20.1. The van der Waals surface area contributed by atoms with Crippen LogP contribution in [-0.2, 0) is 0 Å². The smallest absolute Gasteiger partial charge is 0.144 e. The maximum absolute atomic E-state index is 6.43. The van der Waals surface area contributed by atoms with Crippen LogP contribution < -0.4 is 0 Å². The number of thiazole rings is 1. The number of hydrogen-bond acceptors (Lipinski definition) is 4. The van der Waals surface area contributed by atoms with Crippen LogP contribution in [0.25, 0.3) is 54.5 Å². The minimum absolute atomic E-state index is 0.367. The van der Waals surface area contributed by atoms with Gasteiger partial charge in [-0.2, -0.15) is 0 Å². The molecule has 3 aromatic carbocycles. The Labute approximate surface area is 203 Å². The van der Waals surface area contributed by atoms with E-state index in [1.165, 1.54) is 32.5 Å². The fraction of sp³-hybridized carbons (Fsp3) is 0.200. The molecule has 3 aromatic heterocycles. The van der Waals surface area contributed by atoms with Crippen molar-refractivity contribution in [1.82, 2.24) is 9.97 Å². The Morgan fingerprint density at radius 2 is 1.62 bits per heavy atom. The highest BCUT2D eigenvalue weighted by molar-refractivity contribution is 7.18. The Bertz CT molecular complexity index is 1700. The van der Waals surface area contributed by atoms with E-state index in [4.69, 9.17) is 9.40 Å². The van der Waals surface area contributed by atoms with E-state index in [1.54, 1.807) is 11.3 Å². The SMILES string of the molecule is Cc1nc2cc3oc4c(-c5cc(C(C)C)c(-c6c(C)cccc6C)cn5)cccc4c3cc2s1. The number of pyridine rings is 1. The number of fused-ring (bicyclic) bond motifs is 4. The van der Waals surface area contributed by atoms with Crippen LogP contribution >= 0.6 is 11.3 Å². The molecule has 0 fully saturated rings. The highest BCUT2D eigenvalue weighted by atomic mass is 32.1. The molecule has 6 aromatic rings. The van der Waals surface area contributed by atoms with Gasteiger partial charge in [-0.1, -0.05) is 44.2 Å². The van der Waals surface area contributed by atoms with Crippen molar-refractivity contribution >= 4 is 43.5 Å². The first kappa shape index (κ1) is 21.1. The highest BCUT2D eigenvalue weighted by Crippen LogP contribution is 2.40. The van der Waals surface area contributed by atoms with Crippen LogP contribution in [-0.4, -0.2) is 9.97 Å². The second-order valence-corrected chi connectivity index (χ2v) is 10.6. The zero-order chi connectivity index (χ0) is 23.6. The van der Waals surface area contributed by atoms with Crippen LogP contribution in [0.3, 0.4) is 0 Å². The Morgan fingerprint density at radius 1 is 0.853 bits per heavy atom. The van der Waals surface area contributed by atoms with E-state index in [0.717, 1.165) is 43.7 Å². The molecular weight excluding hydrogens is 436 g/mol. The van der Waals surface area contributed by atoms with E-state index < -0.39 is 0 Å². The summed E-state index contributed by atoms with van der Waals surface area (Å²) in [5, 5.41) is 3.32. The standard InChI is InChI=1S/C30H26N2OS/c1-16(2)22-12-25(31-15-24(22)29-17(3)8-6-9-18(29)4)21-11-7-10-20-23-13-28-26(32-19(5)34-28)14-27(23)33-30(20)21/h6-16H,1-5H3. The van der Waals surface area contributed by atoms with Crippen molar-refractivity contribution in [3.8, 4) is 22.4 Å². The summed E-state index contributed by atoms with van der Waals surface area (Å²) in [6, 6.07) is 19.3. The summed E-state index contributed by atoms with van der Waals surface area (Å²) in [5.74, 6) is 0.367. The molecule has 168 valence electrons. The second-order valence-electron chi connectivity index (χ2n) is 9.41. The molecule has 0 saturated heterocycles. The number of aromatic nitrogens is 2. The van der Waals surface area contributed by atoms with E-state index in [2.05, 4.69) is 87.3 Å². The normalized spacial score (nSPS) is 11.9. The van der Waals surface area contributed by atoms with Gasteiger partial charge in [0.1, 0.15) is 11.2 Å². The van der Waals surface area contributed by atoms with Gasteiger partial charge in [0.25, 0.3) is 0 Å². The molecule has 3 nitrogen and oxygen atoms in total. The molecule has 3 heterocycles. The Kier molecular flexibility index (Phi) is 4.82. The monoisotopic (exact) mass is 462 g/mol. The van der Waals surface area contributed by atoms with Gasteiger partial charge < -0.3 is 4.42 Å². The first-order chi connectivity index (χ1) is 16.4. The van der Waals surface area contributed by atoms with E-state index in [-0.39, 0.29) is 0 Å². The topological polar surface area (TPSA) is 38.9 Å². The van der Waals surface area contributed by atoms with Gasteiger partial charge in [-0.15, -0.1) is 11.3 Å². The first-order valence-corrected chi connectivity index (χ1v) is 12.5. The van der Waals surface area contributed by atoms with Gasteiger partial charge in [0.05, 0.1) is 20.9 Å². The predicted molar refractivity (Wildman–Crippen MR) is 144 cm³/mol. The number of hydrogen-bond donors (Lipinski definition) is 0. The molecule has 0 aliphatic rings. The number of para-hydroxylation sites is 1. The number of aryl methyl sites for hydroxylation is 3. The third-order valence-corrected chi connectivity index (χ3v) is 7.63. The van der Waals surface area contributed by atoms with Gasteiger partial charge in [-0.3, -0.25) is 4.98 Å². The molecule has 0 radical (unpaired) electrons. The van der Waals surface area contributed by atoms with Crippen molar-refractivity contribution in [1.29, 1.82) is 0 Å². The van der Waals surface area contributed by atoms with Gasteiger partial charge in [0.2, 0.25) is 0 Å². The lowest BCUT2D eigenvalue weighted by molar-refractivity contribution is 0.670. The van der Waals surface area contributed by atoms with Gasteiger partial charge in [-0.25, -0.2) is 4.98 Å². The number of furan rings is 1. The van der Waals surface area contributed by atoms with Crippen molar-refractivity contribution < 1.29 is 4.42 Å². The summed E-state index contributed by atoms with van der Waals surface area (Å²) in [7, 11) is 0. The minimum Gasteiger partial charge on any atom is -0.455 e. The Morgan fingerprint density at radius 3 is 2.38 bits per heavy atom. The highest BCUT2D eigenvalue weighted by Gasteiger charge is 2.18. The van der Waals surface area contributed by atoms with Crippen LogP contribution in [0.1, 0.15) is 41.5 Å². The first-order valence-electron chi connectivity index (χ1n) is 11.7. The van der Waals surface area contributed by atoms with E-state index in [0.29, 0.717) is 5.92 Å². The van der Waals surface area contributed by atoms with E-state index in [9.17, 15) is 0 Å². The third kappa shape index (κ3) is 3.24. The molecule has 0 spiro atoms. The van der Waals surface area contributed by atoms with Crippen molar-refractivity contribution in [2.45, 2.75) is 40.5 Å². The van der Waals surface area contributed by atoms with Crippen LogP contribution in [0.15, 0.2) is 65.2 Å². The molecule has 0 amide bonds. The summed E-state index contributed by atoms with van der Waals surface area (Å²) >= 11 is 1.72. The number of nitrogens with zero attached hydrogens (tertiary/aromatic N) is 2. The van der Waals surface area contributed by atoms with Crippen molar-refractivity contribution in [2.24, 2.45) is 0 Å². The van der Waals surface area contributed by atoms with Crippen LogP contribution in [0.4, 0.5) is 0 Å². The Hall–Kier alpha value is -3.50. The quantitative estimate of drug-likeness (QED) is 0.263. The van der Waals surface area contributed by atoms with Gasteiger partial charge >= 0.3 is 0 Å².